The van der Waals surface area contributed by atoms with Crippen molar-refractivity contribution in [1.29, 1.82) is 0 Å². The van der Waals surface area contributed by atoms with Crippen molar-refractivity contribution < 1.29 is 14.3 Å². The number of allylic oxidation sites excluding steroid dienone is 2. The second kappa shape index (κ2) is 14.4. The van der Waals surface area contributed by atoms with E-state index in [0.29, 0.717) is 46.9 Å². The monoisotopic (exact) mass is 652 g/mol. The molecule has 6 rings (SSSR count). The molecule has 3 aromatic rings. The molecule has 9 nitrogen and oxygen atoms in total. The van der Waals surface area contributed by atoms with Gasteiger partial charge in [0.1, 0.15) is 17.7 Å². The van der Waals surface area contributed by atoms with Gasteiger partial charge in [-0.05, 0) is 79.6 Å². The molecular weight excluding hydrogens is 607 g/mol. The summed E-state index contributed by atoms with van der Waals surface area (Å²) in [7, 11) is 3.81. The van der Waals surface area contributed by atoms with Gasteiger partial charge in [0.05, 0.1) is 17.9 Å². The smallest absolute Gasteiger partial charge is 0.273 e. The van der Waals surface area contributed by atoms with E-state index in [-0.39, 0.29) is 17.7 Å². The Bertz CT molecular complexity index is 1820. The molecule has 2 aliphatic heterocycles. The quantitative estimate of drug-likeness (QED) is 0.225. The van der Waals surface area contributed by atoms with E-state index >= 15 is 4.39 Å². The van der Waals surface area contributed by atoms with Crippen LogP contribution < -0.4 is 15.8 Å². The number of aryl methyl sites for hydroxylation is 1. The molecule has 2 N–H and O–H groups in total. The number of likely N-dealkylation sites (N-methyl/N-ethyl adjacent to an activating group) is 1. The van der Waals surface area contributed by atoms with Crippen molar-refractivity contribution in [2.45, 2.75) is 44.9 Å². The highest BCUT2D eigenvalue weighted by molar-refractivity contribution is 6.09. The summed E-state index contributed by atoms with van der Waals surface area (Å²) in [5.41, 5.74) is 5.43. The van der Waals surface area contributed by atoms with E-state index in [4.69, 9.17) is 4.99 Å². The third-order valence-electron chi connectivity index (χ3n) is 9.56. The molecule has 3 heterocycles. The maximum absolute atomic E-state index is 15.3. The van der Waals surface area contributed by atoms with Gasteiger partial charge in [-0.2, -0.15) is 0 Å². The highest BCUT2D eigenvalue weighted by Crippen LogP contribution is 2.42. The van der Waals surface area contributed by atoms with Gasteiger partial charge >= 0.3 is 0 Å². The normalized spacial score (nSPS) is 18.3. The Kier molecular flexibility index (Phi) is 10.1. The first-order valence-corrected chi connectivity index (χ1v) is 16.8. The van der Waals surface area contributed by atoms with Gasteiger partial charge in [0.25, 0.3) is 11.5 Å². The molecule has 1 aromatic heterocycles. The number of nitrogens with one attached hydrogen (secondary N) is 1. The average molecular weight is 653 g/mol. The number of hydrogen-bond donors (Lipinski definition) is 2. The molecule has 1 atom stereocenters. The van der Waals surface area contributed by atoms with E-state index in [1.807, 2.05) is 37.4 Å². The van der Waals surface area contributed by atoms with Gasteiger partial charge in [0.2, 0.25) is 0 Å². The minimum absolute atomic E-state index is 0.109. The Morgan fingerprint density at radius 2 is 1.90 bits per heavy atom. The molecule has 2 aromatic carbocycles. The van der Waals surface area contributed by atoms with E-state index in [2.05, 4.69) is 28.7 Å². The number of benzene rings is 2. The minimum Gasteiger partial charge on any atom is -0.392 e. The zero-order chi connectivity index (χ0) is 33.9. The number of amides is 1. The third-order valence-corrected chi connectivity index (χ3v) is 9.56. The van der Waals surface area contributed by atoms with Crippen LogP contribution in [0.4, 0.5) is 15.8 Å². The summed E-state index contributed by atoms with van der Waals surface area (Å²) in [6.45, 7) is 10.6. The number of aromatic nitrogens is 1. The number of carbonyl (C=O) groups excluding carboxylic acids is 1. The maximum Gasteiger partial charge on any atom is 0.273 e. The molecule has 0 spiro atoms. The number of carbonyl (C=O) groups is 1. The van der Waals surface area contributed by atoms with E-state index in [9.17, 15) is 14.7 Å². The number of rotatable bonds is 11. The average Bonchev–Trinajstić information content (AvgIpc) is 3.92. The number of hydrogen-bond acceptors (Lipinski definition) is 7. The predicted octanol–water partition coefficient (Wildman–Crippen LogP) is 4.95. The van der Waals surface area contributed by atoms with Crippen molar-refractivity contribution in [2.24, 2.45) is 12.0 Å². The molecule has 1 saturated carbocycles. The fraction of sp³-hybridized carbons (Fsp3) is 0.395. The molecule has 48 heavy (non-hydrogen) atoms. The van der Waals surface area contributed by atoms with Crippen LogP contribution in [-0.2, 0) is 20.1 Å². The van der Waals surface area contributed by atoms with Crippen molar-refractivity contribution in [3.8, 4) is 11.1 Å². The number of aliphatic imine (C=N–C) groups is 1. The molecule has 252 valence electrons. The number of pyridine rings is 1. The van der Waals surface area contributed by atoms with Crippen LogP contribution >= 0.6 is 0 Å². The summed E-state index contributed by atoms with van der Waals surface area (Å²) in [4.78, 5) is 37.9. The SMILES string of the molecule is C=C/C=C(\C=N/C(C)Nc1cc(-c2cccc(N3CCc4cc(C5CC5)cc(F)c4C3=O)c2CO)cn(C)c1=O)CN1CCN(C)CC1. The number of piperazine rings is 1. The fourth-order valence-electron chi connectivity index (χ4n) is 6.72. The molecule has 1 aliphatic carbocycles. The molecule has 1 amide bonds. The Labute approximate surface area is 281 Å². The Balaban J connectivity index is 1.24. The van der Waals surface area contributed by atoms with Crippen molar-refractivity contribution in [2.75, 3.05) is 56.5 Å². The number of aliphatic hydroxyl groups excluding tert-OH is 1. The summed E-state index contributed by atoms with van der Waals surface area (Å²) in [6, 6.07) is 10.7. The van der Waals surface area contributed by atoms with Crippen molar-refractivity contribution in [3.05, 3.63) is 105 Å². The molecule has 2 fully saturated rings. The summed E-state index contributed by atoms with van der Waals surface area (Å²) < 4.78 is 16.8. The van der Waals surface area contributed by atoms with Gasteiger partial charge in [-0.3, -0.25) is 19.5 Å². The van der Waals surface area contributed by atoms with Gasteiger partial charge in [-0.1, -0.05) is 36.9 Å². The lowest BCUT2D eigenvalue weighted by molar-refractivity contribution is 0.0976. The third kappa shape index (κ3) is 7.21. The minimum atomic E-state index is -0.484. The molecule has 10 heteroatoms. The lowest BCUT2D eigenvalue weighted by Crippen LogP contribution is -2.45. The largest absolute Gasteiger partial charge is 0.392 e. The summed E-state index contributed by atoms with van der Waals surface area (Å²) >= 11 is 0. The number of fused-ring (bicyclic) bond motifs is 1. The summed E-state index contributed by atoms with van der Waals surface area (Å²) in [6.07, 6.45) is 9.52. The number of nitrogens with zero attached hydrogens (tertiary/aromatic N) is 5. The maximum atomic E-state index is 15.3. The predicted molar refractivity (Wildman–Crippen MR) is 191 cm³/mol. The molecule has 0 bridgehead atoms. The second-order valence-corrected chi connectivity index (χ2v) is 13.2. The van der Waals surface area contributed by atoms with Gasteiger partial charge in [0.15, 0.2) is 0 Å². The molecule has 1 unspecified atom stereocenters. The van der Waals surface area contributed by atoms with Crippen molar-refractivity contribution in [1.82, 2.24) is 14.4 Å². The highest BCUT2D eigenvalue weighted by Gasteiger charge is 2.33. The van der Waals surface area contributed by atoms with Gasteiger partial charge in [-0.25, -0.2) is 4.39 Å². The van der Waals surface area contributed by atoms with Crippen LogP contribution in [0.1, 0.15) is 52.7 Å². The lowest BCUT2D eigenvalue weighted by Gasteiger charge is -2.32. The number of halogens is 1. The van der Waals surface area contributed by atoms with Crippen LogP contribution in [0.25, 0.3) is 11.1 Å². The van der Waals surface area contributed by atoms with E-state index in [0.717, 1.165) is 62.3 Å². The van der Waals surface area contributed by atoms with Crippen LogP contribution in [0, 0.1) is 5.82 Å². The fourth-order valence-corrected chi connectivity index (χ4v) is 6.72. The molecule has 3 aliphatic rings. The zero-order valence-electron chi connectivity index (χ0n) is 28.1. The summed E-state index contributed by atoms with van der Waals surface area (Å²) in [5, 5.41) is 13.9. The Morgan fingerprint density at radius 3 is 2.60 bits per heavy atom. The van der Waals surface area contributed by atoms with Crippen molar-refractivity contribution in [3.63, 3.8) is 0 Å². The topological polar surface area (TPSA) is 93.4 Å². The Hall–Kier alpha value is -4.38. The molecular formula is C38H45FN6O3. The van der Waals surface area contributed by atoms with E-state index in [1.54, 1.807) is 36.4 Å². The standard InChI is InChI=1S/C38H45FN6O3/c1-5-7-26(22-44-16-14-42(3)15-17-44)21-40-25(2)41-34-20-30(23-43(4)37(34)47)31-8-6-9-35(32(31)24-46)45-13-12-28-18-29(27-10-11-27)19-33(39)36(28)38(45)48/h5-9,18-21,23,25,27,41,46H,1,10-17,22,24H2,2-4H3/b26-7+,40-21-. The molecule has 1 saturated heterocycles. The van der Waals surface area contributed by atoms with Crippen LogP contribution in [0.15, 0.2) is 76.7 Å². The van der Waals surface area contributed by atoms with Gasteiger partial charge in [-0.15, -0.1) is 0 Å². The number of anilines is 2. The Morgan fingerprint density at radius 1 is 1.12 bits per heavy atom. The van der Waals surface area contributed by atoms with Gasteiger partial charge < -0.3 is 24.8 Å². The van der Waals surface area contributed by atoms with Crippen LogP contribution in [0.5, 0.6) is 0 Å². The molecule has 0 radical (unpaired) electrons. The first kappa shape index (κ1) is 33.5. The second-order valence-electron chi connectivity index (χ2n) is 13.2. The van der Waals surface area contributed by atoms with Crippen LogP contribution in [0.2, 0.25) is 0 Å². The van der Waals surface area contributed by atoms with E-state index in [1.165, 1.54) is 10.6 Å². The van der Waals surface area contributed by atoms with E-state index < -0.39 is 17.9 Å². The first-order valence-electron chi connectivity index (χ1n) is 16.8. The summed E-state index contributed by atoms with van der Waals surface area (Å²) in [5.74, 6) is -0.497. The van der Waals surface area contributed by atoms with Crippen molar-refractivity contribution >= 4 is 23.5 Å². The van der Waals surface area contributed by atoms with Gasteiger partial charge in [0, 0.05) is 69.9 Å². The first-order chi connectivity index (χ1) is 23.2. The van der Waals surface area contributed by atoms with Crippen LogP contribution in [-0.4, -0.2) is 84.1 Å². The zero-order valence-corrected chi connectivity index (χ0v) is 28.1. The number of aliphatic hydroxyl groups is 1. The van der Waals surface area contributed by atoms with Crippen LogP contribution in [0.3, 0.4) is 0 Å². The highest BCUT2D eigenvalue weighted by atomic mass is 19.1. The lowest BCUT2D eigenvalue weighted by atomic mass is 9.92.